The zero-order valence-corrected chi connectivity index (χ0v) is 8.20. The van der Waals surface area contributed by atoms with Crippen LogP contribution >= 0.6 is 0 Å². The highest BCUT2D eigenvalue weighted by atomic mass is 15.1. The minimum Gasteiger partial charge on any atom is -0.375 e. The third-order valence-electron chi connectivity index (χ3n) is 2.24. The Morgan fingerprint density at radius 2 is 2.00 bits per heavy atom. The van der Waals surface area contributed by atoms with Crippen LogP contribution in [0.15, 0.2) is 24.3 Å². The smallest absolute Gasteiger partial charge is 0.142 e. The van der Waals surface area contributed by atoms with Crippen molar-refractivity contribution in [1.29, 1.82) is 5.26 Å². The molecule has 0 bridgehead atoms. The number of anilines is 1. The van der Waals surface area contributed by atoms with E-state index in [0.29, 0.717) is 5.69 Å². The maximum Gasteiger partial charge on any atom is 0.142 e. The third kappa shape index (κ3) is 1.12. The molecule has 0 atom stereocenters. The summed E-state index contributed by atoms with van der Waals surface area (Å²) in [6.07, 6.45) is 0. The fourth-order valence-corrected chi connectivity index (χ4v) is 1.67. The van der Waals surface area contributed by atoms with E-state index in [2.05, 4.69) is 11.1 Å². The number of hydrogen-bond acceptors (Lipinski definition) is 2. The second-order valence-electron chi connectivity index (χ2n) is 3.40. The van der Waals surface area contributed by atoms with Crippen molar-refractivity contribution in [1.82, 2.24) is 4.98 Å². The lowest BCUT2D eigenvalue weighted by Crippen LogP contribution is -2.09. The molecule has 0 aliphatic carbocycles. The Kier molecular flexibility index (Phi) is 1.90. The fraction of sp³-hybridized carbons (Fsp3) is 0.182. The van der Waals surface area contributed by atoms with E-state index in [1.807, 2.05) is 43.3 Å². The van der Waals surface area contributed by atoms with Gasteiger partial charge in [0, 0.05) is 25.0 Å². The molecule has 0 unspecified atom stereocenters. The average molecular weight is 185 g/mol. The number of rotatable bonds is 1. The normalized spacial score (nSPS) is 10.1. The minimum atomic E-state index is 0.621. The van der Waals surface area contributed by atoms with Gasteiger partial charge in [0.25, 0.3) is 0 Å². The lowest BCUT2D eigenvalue weighted by atomic mass is 10.2. The first kappa shape index (κ1) is 8.64. The number of nitrogens with zero attached hydrogens (tertiary/aromatic N) is 2. The number of fused-ring (bicyclic) bond motifs is 1. The number of benzene rings is 1. The van der Waals surface area contributed by atoms with Crippen molar-refractivity contribution in [2.75, 3.05) is 19.0 Å². The van der Waals surface area contributed by atoms with Crippen LogP contribution in [0.2, 0.25) is 0 Å². The van der Waals surface area contributed by atoms with Gasteiger partial charge in [0.2, 0.25) is 0 Å². The molecule has 0 saturated carbocycles. The van der Waals surface area contributed by atoms with Gasteiger partial charge in [-0.15, -0.1) is 0 Å². The second-order valence-corrected chi connectivity index (χ2v) is 3.40. The first-order chi connectivity index (χ1) is 6.74. The zero-order valence-electron chi connectivity index (χ0n) is 8.20. The summed E-state index contributed by atoms with van der Waals surface area (Å²) in [4.78, 5) is 5.05. The van der Waals surface area contributed by atoms with Crippen molar-refractivity contribution in [3.8, 4) is 6.07 Å². The molecule has 14 heavy (non-hydrogen) atoms. The summed E-state index contributed by atoms with van der Waals surface area (Å²) in [6.45, 7) is 0. The topological polar surface area (TPSA) is 42.8 Å². The molecule has 0 aliphatic heterocycles. The number of nitrogens with one attached hydrogen (secondary N) is 1. The van der Waals surface area contributed by atoms with Crippen molar-refractivity contribution in [3.05, 3.63) is 30.0 Å². The molecule has 70 valence electrons. The van der Waals surface area contributed by atoms with Crippen molar-refractivity contribution < 1.29 is 0 Å². The van der Waals surface area contributed by atoms with Crippen molar-refractivity contribution in [2.45, 2.75) is 0 Å². The van der Waals surface area contributed by atoms with Gasteiger partial charge in [-0.05, 0) is 6.07 Å². The highest BCUT2D eigenvalue weighted by Crippen LogP contribution is 2.28. The van der Waals surface area contributed by atoms with Gasteiger partial charge in [-0.2, -0.15) is 5.26 Å². The van der Waals surface area contributed by atoms with Crippen molar-refractivity contribution in [2.24, 2.45) is 0 Å². The van der Waals surface area contributed by atoms with Gasteiger partial charge in [-0.3, -0.25) is 0 Å². The zero-order chi connectivity index (χ0) is 10.1. The van der Waals surface area contributed by atoms with Crippen molar-refractivity contribution in [3.63, 3.8) is 0 Å². The monoisotopic (exact) mass is 185 g/mol. The Labute approximate surface area is 82.6 Å². The molecule has 1 aromatic carbocycles. The molecular weight excluding hydrogens is 174 g/mol. The molecule has 1 heterocycles. The summed E-state index contributed by atoms with van der Waals surface area (Å²) in [5.74, 6) is 0. The van der Waals surface area contributed by atoms with E-state index in [0.717, 1.165) is 16.6 Å². The number of nitriles is 1. The van der Waals surface area contributed by atoms with Crippen LogP contribution in [-0.4, -0.2) is 19.1 Å². The first-order valence-corrected chi connectivity index (χ1v) is 4.42. The summed E-state index contributed by atoms with van der Waals surface area (Å²) in [6, 6.07) is 10.1. The van der Waals surface area contributed by atoms with Gasteiger partial charge in [-0.25, -0.2) is 0 Å². The van der Waals surface area contributed by atoms with E-state index in [1.54, 1.807) is 0 Å². The Hall–Kier alpha value is -1.95. The van der Waals surface area contributed by atoms with Crippen LogP contribution in [0.3, 0.4) is 0 Å². The van der Waals surface area contributed by atoms with Gasteiger partial charge in [0.15, 0.2) is 0 Å². The standard InChI is InChI=1S/C11H11N3/c1-14(2)11-8-5-3-4-6-9(8)13-10(11)7-12/h3-6,13H,1-2H3. The average Bonchev–Trinajstić information content (AvgIpc) is 2.55. The van der Waals surface area contributed by atoms with Crippen LogP contribution in [-0.2, 0) is 0 Å². The van der Waals surface area contributed by atoms with E-state index in [9.17, 15) is 0 Å². The Balaban J connectivity index is 2.83. The molecule has 0 saturated heterocycles. The first-order valence-electron chi connectivity index (χ1n) is 4.42. The largest absolute Gasteiger partial charge is 0.375 e. The molecule has 0 spiro atoms. The molecule has 2 rings (SSSR count). The van der Waals surface area contributed by atoms with Crippen LogP contribution in [0.4, 0.5) is 5.69 Å². The number of H-pyrrole nitrogens is 1. The molecule has 1 aromatic heterocycles. The summed E-state index contributed by atoms with van der Waals surface area (Å²) < 4.78 is 0. The highest BCUT2D eigenvalue weighted by Gasteiger charge is 2.11. The summed E-state index contributed by atoms with van der Waals surface area (Å²) in [5, 5.41) is 10.1. The van der Waals surface area contributed by atoms with Crippen LogP contribution in [0.25, 0.3) is 10.9 Å². The molecule has 3 nitrogen and oxygen atoms in total. The van der Waals surface area contributed by atoms with E-state index in [1.165, 1.54) is 0 Å². The Morgan fingerprint density at radius 1 is 1.29 bits per heavy atom. The van der Waals surface area contributed by atoms with Crippen LogP contribution in [0, 0.1) is 11.3 Å². The second kappa shape index (κ2) is 3.08. The highest BCUT2D eigenvalue weighted by molar-refractivity contribution is 5.95. The lowest BCUT2D eigenvalue weighted by molar-refractivity contribution is 1.13. The van der Waals surface area contributed by atoms with E-state index in [4.69, 9.17) is 5.26 Å². The molecular formula is C11H11N3. The summed E-state index contributed by atoms with van der Waals surface area (Å²) in [7, 11) is 3.88. The summed E-state index contributed by atoms with van der Waals surface area (Å²) >= 11 is 0. The Morgan fingerprint density at radius 3 is 2.64 bits per heavy atom. The fourth-order valence-electron chi connectivity index (χ4n) is 1.67. The van der Waals surface area contributed by atoms with Gasteiger partial charge in [-0.1, -0.05) is 18.2 Å². The number of aromatic nitrogens is 1. The van der Waals surface area contributed by atoms with Gasteiger partial charge in [0.1, 0.15) is 11.8 Å². The number of para-hydroxylation sites is 1. The van der Waals surface area contributed by atoms with Crippen LogP contribution in [0.5, 0.6) is 0 Å². The third-order valence-corrected chi connectivity index (χ3v) is 2.24. The van der Waals surface area contributed by atoms with Gasteiger partial charge in [0.05, 0.1) is 5.69 Å². The van der Waals surface area contributed by atoms with Crippen molar-refractivity contribution >= 4 is 16.6 Å². The van der Waals surface area contributed by atoms with E-state index < -0.39 is 0 Å². The minimum absolute atomic E-state index is 0.621. The van der Waals surface area contributed by atoms with E-state index >= 15 is 0 Å². The SMILES string of the molecule is CN(C)c1c(C#N)[nH]c2ccccc12. The number of hydrogen-bond donors (Lipinski definition) is 1. The number of aromatic amines is 1. The molecule has 0 amide bonds. The summed E-state index contributed by atoms with van der Waals surface area (Å²) in [5.41, 5.74) is 2.59. The predicted molar refractivity (Wildman–Crippen MR) is 57.3 cm³/mol. The molecule has 0 fully saturated rings. The van der Waals surface area contributed by atoms with Gasteiger partial charge >= 0.3 is 0 Å². The maximum absolute atomic E-state index is 8.96. The molecule has 0 radical (unpaired) electrons. The molecule has 2 aromatic rings. The Bertz CT molecular complexity index is 503. The molecule has 1 N–H and O–H groups in total. The molecule has 3 heteroatoms. The van der Waals surface area contributed by atoms with E-state index in [-0.39, 0.29) is 0 Å². The predicted octanol–water partition coefficient (Wildman–Crippen LogP) is 2.11. The van der Waals surface area contributed by atoms with Gasteiger partial charge < -0.3 is 9.88 Å². The lowest BCUT2D eigenvalue weighted by Gasteiger charge is -2.10. The molecule has 0 aliphatic rings. The van der Waals surface area contributed by atoms with Crippen LogP contribution < -0.4 is 4.90 Å². The quantitative estimate of drug-likeness (QED) is 0.739. The maximum atomic E-state index is 8.96. The van der Waals surface area contributed by atoms with Crippen LogP contribution in [0.1, 0.15) is 5.69 Å².